The molecule has 0 radical (unpaired) electrons. The van der Waals surface area contributed by atoms with E-state index in [-0.39, 0.29) is 0 Å². The van der Waals surface area contributed by atoms with Crippen molar-refractivity contribution in [2.45, 2.75) is 59.0 Å². The summed E-state index contributed by atoms with van der Waals surface area (Å²) in [6.07, 6.45) is 9.12. The van der Waals surface area contributed by atoms with Crippen molar-refractivity contribution in [1.82, 2.24) is 14.7 Å². The van der Waals surface area contributed by atoms with Gasteiger partial charge in [0.05, 0.1) is 12.8 Å². The molecule has 1 fully saturated rings. The van der Waals surface area contributed by atoms with Crippen LogP contribution in [0.5, 0.6) is 0 Å². The molecule has 1 aliphatic rings. The average Bonchev–Trinajstić information content (AvgIpc) is 3.32. The first-order chi connectivity index (χ1) is 12.6. The Balaban J connectivity index is 1.54. The van der Waals surface area contributed by atoms with Gasteiger partial charge in [-0.3, -0.25) is 9.58 Å². The van der Waals surface area contributed by atoms with E-state index in [9.17, 15) is 0 Å². The van der Waals surface area contributed by atoms with Gasteiger partial charge in [0.15, 0.2) is 0 Å². The normalized spacial score (nSPS) is 17.8. The van der Waals surface area contributed by atoms with E-state index in [1.165, 1.54) is 36.1 Å². The lowest BCUT2D eigenvalue weighted by Crippen LogP contribution is -2.42. The Morgan fingerprint density at radius 2 is 2.12 bits per heavy atom. The van der Waals surface area contributed by atoms with Gasteiger partial charge in [-0.05, 0) is 76.4 Å². The molecule has 0 saturated carbocycles. The van der Waals surface area contributed by atoms with Gasteiger partial charge in [0.1, 0.15) is 0 Å². The van der Waals surface area contributed by atoms with Crippen molar-refractivity contribution < 1.29 is 4.74 Å². The number of rotatable bonds is 9. The molecular formula is C21H33N3OS. The van der Waals surface area contributed by atoms with E-state index in [4.69, 9.17) is 4.74 Å². The Bertz CT molecular complexity index is 642. The quantitative estimate of drug-likeness (QED) is 0.632. The smallest absolute Gasteiger partial charge is 0.0534 e. The fourth-order valence-corrected chi connectivity index (χ4v) is 4.52. The monoisotopic (exact) mass is 375 g/mol. The van der Waals surface area contributed by atoms with Crippen LogP contribution in [0, 0.1) is 5.41 Å². The van der Waals surface area contributed by atoms with Gasteiger partial charge in [-0.15, -0.1) is 11.3 Å². The van der Waals surface area contributed by atoms with Gasteiger partial charge in [0.2, 0.25) is 0 Å². The lowest BCUT2D eigenvalue weighted by molar-refractivity contribution is -0.00221. The van der Waals surface area contributed by atoms with Crippen molar-refractivity contribution in [2.24, 2.45) is 5.41 Å². The van der Waals surface area contributed by atoms with Crippen molar-refractivity contribution in [2.75, 3.05) is 26.3 Å². The van der Waals surface area contributed by atoms with Gasteiger partial charge in [0.25, 0.3) is 0 Å². The largest absolute Gasteiger partial charge is 0.381 e. The second kappa shape index (κ2) is 9.16. The Labute approximate surface area is 162 Å². The lowest BCUT2D eigenvalue weighted by Gasteiger charge is -2.41. The molecule has 4 nitrogen and oxygen atoms in total. The number of aryl methyl sites for hydroxylation is 1. The van der Waals surface area contributed by atoms with Crippen LogP contribution in [-0.4, -0.2) is 41.0 Å². The second-order valence-electron chi connectivity index (χ2n) is 7.91. The molecule has 2 aromatic heterocycles. The highest BCUT2D eigenvalue weighted by Gasteiger charge is 2.34. The molecule has 1 aliphatic heterocycles. The summed E-state index contributed by atoms with van der Waals surface area (Å²) in [6.45, 7) is 11.5. The first-order valence-corrected chi connectivity index (χ1v) is 10.8. The molecule has 3 rings (SSSR count). The molecule has 0 N–H and O–H groups in total. The zero-order valence-electron chi connectivity index (χ0n) is 16.5. The molecule has 3 heterocycles. The molecule has 0 unspecified atom stereocenters. The summed E-state index contributed by atoms with van der Waals surface area (Å²) in [7, 11) is 0. The summed E-state index contributed by atoms with van der Waals surface area (Å²) in [6, 6.07) is 4.86. The summed E-state index contributed by atoms with van der Waals surface area (Å²) < 4.78 is 7.96. The highest BCUT2D eigenvalue weighted by Crippen LogP contribution is 2.37. The SMILES string of the molecule is CCOCC1(CCc2cccs2)CCN(Cc2cnn(C(C)C)c2)CC1. The minimum atomic E-state index is 0.346. The molecule has 26 heavy (non-hydrogen) atoms. The summed E-state index contributed by atoms with van der Waals surface area (Å²) in [5.74, 6) is 0. The predicted molar refractivity (Wildman–Crippen MR) is 109 cm³/mol. The Morgan fingerprint density at radius 1 is 1.31 bits per heavy atom. The maximum Gasteiger partial charge on any atom is 0.0534 e. The molecule has 0 aliphatic carbocycles. The number of ether oxygens (including phenoxy) is 1. The third-order valence-corrected chi connectivity index (χ3v) is 6.54. The zero-order chi connectivity index (χ0) is 18.4. The average molecular weight is 376 g/mol. The van der Waals surface area contributed by atoms with E-state index in [2.05, 4.69) is 59.2 Å². The summed E-state index contributed by atoms with van der Waals surface area (Å²) >= 11 is 1.88. The molecule has 1 saturated heterocycles. The third-order valence-electron chi connectivity index (χ3n) is 5.60. The van der Waals surface area contributed by atoms with Gasteiger partial charge >= 0.3 is 0 Å². The maximum absolute atomic E-state index is 5.90. The Hall–Kier alpha value is -1.17. The summed E-state index contributed by atoms with van der Waals surface area (Å²) in [5, 5.41) is 6.66. The van der Waals surface area contributed by atoms with E-state index in [1.807, 2.05) is 17.5 Å². The van der Waals surface area contributed by atoms with Crippen LogP contribution in [0.25, 0.3) is 0 Å². The molecule has 0 amide bonds. The van der Waals surface area contributed by atoms with Gasteiger partial charge in [0, 0.05) is 35.8 Å². The van der Waals surface area contributed by atoms with Crippen LogP contribution >= 0.6 is 11.3 Å². The van der Waals surface area contributed by atoms with E-state index in [1.54, 1.807) is 0 Å². The van der Waals surface area contributed by atoms with Crippen molar-refractivity contribution in [3.63, 3.8) is 0 Å². The number of thiophene rings is 1. The maximum atomic E-state index is 5.90. The number of hydrogen-bond acceptors (Lipinski definition) is 4. The number of nitrogens with zero attached hydrogens (tertiary/aromatic N) is 3. The first-order valence-electron chi connectivity index (χ1n) is 9.96. The standard InChI is InChI=1S/C21H33N3OS/c1-4-25-17-21(8-7-20-6-5-13-26-20)9-11-23(12-10-21)15-19-14-22-24(16-19)18(2)3/h5-6,13-14,16,18H,4,7-12,15,17H2,1-3H3. The van der Waals surface area contributed by atoms with Gasteiger partial charge in [-0.2, -0.15) is 5.10 Å². The molecule has 0 bridgehead atoms. The second-order valence-corrected chi connectivity index (χ2v) is 8.95. The van der Waals surface area contributed by atoms with E-state index < -0.39 is 0 Å². The molecule has 0 atom stereocenters. The van der Waals surface area contributed by atoms with Gasteiger partial charge in [-0.1, -0.05) is 6.07 Å². The number of likely N-dealkylation sites (tertiary alicyclic amines) is 1. The molecular weight excluding hydrogens is 342 g/mol. The van der Waals surface area contributed by atoms with E-state index >= 15 is 0 Å². The molecule has 0 aromatic carbocycles. The number of piperidine rings is 1. The van der Waals surface area contributed by atoms with Gasteiger partial charge in [-0.25, -0.2) is 0 Å². The predicted octanol–water partition coefficient (Wildman–Crippen LogP) is 4.78. The van der Waals surface area contributed by atoms with Crippen molar-refractivity contribution in [3.05, 3.63) is 40.3 Å². The van der Waals surface area contributed by atoms with Gasteiger partial charge < -0.3 is 4.74 Å². The Morgan fingerprint density at radius 3 is 2.73 bits per heavy atom. The Kier molecular flexibility index (Phi) is 6.90. The highest BCUT2D eigenvalue weighted by molar-refractivity contribution is 7.09. The molecule has 2 aromatic rings. The summed E-state index contributed by atoms with van der Waals surface area (Å²) in [5.41, 5.74) is 1.67. The van der Waals surface area contributed by atoms with Crippen LogP contribution < -0.4 is 0 Å². The molecule has 144 valence electrons. The fraction of sp³-hybridized carbons (Fsp3) is 0.667. The number of hydrogen-bond donors (Lipinski definition) is 0. The van der Waals surface area contributed by atoms with Crippen LogP contribution in [0.2, 0.25) is 0 Å². The number of aromatic nitrogens is 2. The molecule has 0 spiro atoms. The van der Waals surface area contributed by atoms with Crippen LogP contribution in [0.15, 0.2) is 29.9 Å². The third kappa shape index (κ3) is 5.18. The van der Waals surface area contributed by atoms with Crippen molar-refractivity contribution >= 4 is 11.3 Å². The minimum Gasteiger partial charge on any atom is -0.381 e. The van der Waals surface area contributed by atoms with Crippen LogP contribution in [0.3, 0.4) is 0 Å². The fourth-order valence-electron chi connectivity index (χ4n) is 3.81. The zero-order valence-corrected chi connectivity index (χ0v) is 17.3. The topological polar surface area (TPSA) is 30.3 Å². The van der Waals surface area contributed by atoms with Crippen LogP contribution in [-0.2, 0) is 17.7 Å². The molecule has 5 heteroatoms. The lowest BCUT2D eigenvalue weighted by atomic mass is 9.75. The minimum absolute atomic E-state index is 0.346. The van der Waals surface area contributed by atoms with Crippen molar-refractivity contribution in [1.29, 1.82) is 0 Å². The van der Waals surface area contributed by atoms with E-state index in [0.717, 1.165) is 32.8 Å². The first kappa shape index (κ1) is 19.6. The van der Waals surface area contributed by atoms with Crippen molar-refractivity contribution in [3.8, 4) is 0 Å². The van der Waals surface area contributed by atoms with Crippen LogP contribution in [0.1, 0.15) is 56.5 Å². The highest BCUT2D eigenvalue weighted by atomic mass is 32.1. The summed E-state index contributed by atoms with van der Waals surface area (Å²) in [4.78, 5) is 4.08. The van der Waals surface area contributed by atoms with E-state index in [0.29, 0.717) is 11.5 Å². The van der Waals surface area contributed by atoms with Crippen LogP contribution in [0.4, 0.5) is 0 Å².